The van der Waals surface area contributed by atoms with Gasteiger partial charge < -0.3 is 4.74 Å². The summed E-state index contributed by atoms with van der Waals surface area (Å²) in [6.45, 7) is -0.905. The van der Waals surface area contributed by atoms with E-state index in [4.69, 9.17) is 0 Å². The summed E-state index contributed by atoms with van der Waals surface area (Å²) in [7, 11) is 0. The predicted octanol–water partition coefficient (Wildman–Crippen LogP) is 5.95. The number of amides is 2. The first kappa shape index (κ1) is 29.5. The van der Waals surface area contributed by atoms with Crippen LogP contribution in [0.4, 0.5) is 61.9 Å². The highest BCUT2D eigenvalue weighted by Crippen LogP contribution is 2.61. The van der Waals surface area contributed by atoms with Crippen LogP contribution < -0.4 is 0 Å². The summed E-state index contributed by atoms with van der Waals surface area (Å²) >= 11 is 0. The highest BCUT2D eigenvalue weighted by Gasteiger charge is 2.91. The van der Waals surface area contributed by atoms with Crippen LogP contribution in [0.3, 0.4) is 0 Å². The van der Waals surface area contributed by atoms with Gasteiger partial charge in [0.05, 0.1) is 6.04 Å². The summed E-state index contributed by atoms with van der Waals surface area (Å²) in [6.07, 6.45) is -9.57. The molecule has 0 unspecified atom stereocenters. The van der Waals surface area contributed by atoms with Gasteiger partial charge in [0, 0.05) is 0 Å². The molecule has 1 aliphatic rings. The Balaban J connectivity index is 2.43. The van der Waals surface area contributed by atoms with Gasteiger partial charge in [0.15, 0.2) is 0 Å². The number of hydrogen-bond donors (Lipinski definition) is 0. The molecule has 0 spiro atoms. The summed E-state index contributed by atoms with van der Waals surface area (Å²) < 4.78 is 178. The van der Waals surface area contributed by atoms with Crippen LogP contribution in [0, 0.1) is 5.92 Å². The average Bonchev–Trinajstić information content (AvgIpc) is 3.11. The Morgan fingerprint density at radius 2 is 1.33 bits per heavy atom. The minimum absolute atomic E-state index is 0.178. The number of rotatable bonds is 8. The molecule has 0 N–H and O–H groups in total. The quantitative estimate of drug-likeness (QED) is 0.376. The van der Waals surface area contributed by atoms with Crippen molar-refractivity contribution in [2.45, 2.75) is 55.2 Å². The van der Waals surface area contributed by atoms with E-state index in [1.165, 1.54) is 30.3 Å². The Hall–Kier alpha value is -2.75. The second-order valence-electron chi connectivity index (χ2n) is 7.77. The number of carbonyl (C=O) groups excluding carboxylic acids is 2. The third-order valence-electron chi connectivity index (χ3n) is 5.38. The van der Waals surface area contributed by atoms with Crippen LogP contribution in [-0.4, -0.2) is 65.3 Å². The van der Waals surface area contributed by atoms with Gasteiger partial charge in [-0.25, -0.2) is 9.69 Å². The van der Waals surface area contributed by atoms with Crippen molar-refractivity contribution in [2.24, 2.45) is 5.92 Å². The van der Waals surface area contributed by atoms with Crippen molar-refractivity contribution in [2.75, 3.05) is 6.61 Å². The SMILES string of the molecule is C[C@H](C(=O)N1C(=O)OC[C@@H]1Cc1ccccc1)C(F)(F)C(F)(F)C(F)(F)C(F)(F)C(F)(F)C(F)(F)F. The van der Waals surface area contributed by atoms with Gasteiger partial charge in [0.2, 0.25) is 5.91 Å². The third kappa shape index (κ3) is 4.33. The van der Waals surface area contributed by atoms with Crippen molar-refractivity contribution in [3.05, 3.63) is 35.9 Å². The lowest BCUT2D eigenvalue weighted by Gasteiger charge is -2.41. The first-order valence-corrected chi connectivity index (χ1v) is 9.55. The minimum atomic E-state index is -8.09. The molecule has 1 fully saturated rings. The standard InChI is InChI=1S/C19H14F13NO3/c1-9(12(34)33-11(8-36-13(33)35)7-10-5-3-2-4-6-10)14(20,21)15(22,23)16(24,25)17(26,27)18(28,29)19(30,31)32/h2-6,9,11H,7-8H2,1H3/t9-,11+/m1/s1. The topological polar surface area (TPSA) is 46.6 Å². The van der Waals surface area contributed by atoms with Crippen molar-refractivity contribution in [3.63, 3.8) is 0 Å². The largest absolute Gasteiger partial charge is 0.460 e. The van der Waals surface area contributed by atoms with Crippen molar-refractivity contribution in [3.8, 4) is 0 Å². The number of cyclic esters (lactones) is 1. The fourth-order valence-electron chi connectivity index (χ4n) is 3.18. The molecule has 36 heavy (non-hydrogen) atoms. The molecule has 1 aliphatic heterocycles. The monoisotopic (exact) mass is 551 g/mol. The zero-order valence-electron chi connectivity index (χ0n) is 17.5. The van der Waals surface area contributed by atoms with E-state index in [-0.39, 0.29) is 18.2 Å². The van der Waals surface area contributed by atoms with Crippen molar-refractivity contribution < 1.29 is 71.4 Å². The molecule has 0 aromatic heterocycles. The first-order valence-electron chi connectivity index (χ1n) is 9.55. The molecule has 0 aliphatic carbocycles. The molecule has 17 heteroatoms. The van der Waals surface area contributed by atoms with Gasteiger partial charge in [-0.2, -0.15) is 57.1 Å². The van der Waals surface area contributed by atoms with Crippen molar-refractivity contribution >= 4 is 12.0 Å². The van der Waals surface area contributed by atoms with Crippen LogP contribution in [0.25, 0.3) is 0 Å². The van der Waals surface area contributed by atoms with Crippen LogP contribution in [-0.2, 0) is 16.0 Å². The van der Waals surface area contributed by atoms with Gasteiger partial charge in [-0.1, -0.05) is 30.3 Å². The molecule has 1 aromatic carbocycles. The van der Waals surface area contributed by atoms with E-state index >= 15 is 0 Å². The van der Waals surface area contributed by atoms with Gasteiger partial charge >= 0.3 is 41.9 Å². The molecule has 2 amide bonds. The predicted molar refractivity (Wildman–Crippen MR) is 92.1 cm³/mol. The zero-order valence-corrected chi connectivity index (χ0v) is 17.5. The van der Waals surface area contributed by atoms with E-state index in [1.54, 1.807) is 0 Å². The van der Waals surface area contributed by atoms with Crippen molar-refractivity contribution in [1.29, 1.82) is 0 Å². The van der Waals surface area contributed by atoms with E-state index < -0.39 is 66.4 Å². The first-order chi connectivity index (χ1) is 16.1. The molecule has 4 nitrogen and oxygen atoms in total. The Morgan fingerprint density at radius 1 is 0.861 bits per heavy atom. The fourth-order valence-corrected chi connectivity index (χ4v) is 3.18. The van der Waals surface area contributed by atoms with Gasteiger partial charge in [-0.3, -0.25) is 4.79 Å². The summed E-state index contributed by atoms with van der Waals surface area (Å²) in [6, 6.07) is 5.84. The maximum Gasteiger partial charge on any atom is 0.460 e. The number of alkyl halides is 13. The lowest BCUT2D eigenvalue weighted by Crippen LogP contribution is -2.71. The number of halogens is 13. The number of ether oxygens (including phenoxy) is 1. The molecule has 0 radical (unpaired) electrons. The second-order valence-corrected chi connectivity index (χ2v) is 7.77. The maximum atomic E-state index is 14.4. The van der Waals surface area contributed by atoms with Crippen LogP contribution in [0.2, 0.25) is 0 Å². The zero-order chi connectivity index (χ0) is 28.1. The normalized spacial score (nSPS) is 19.3. The molecule has 0 saturated carbocycles. The highest BCUT2D eigenvalue weighted by atomic mass is 19.4. The van der Waals surface area contributed by atoms with Crippen molar-refractivity contribution in [1.82, 2.24) is 4.90 Å². The van der Waals surface area contributed by atoms with Gasteiger partial charge in [0.25, 0.3) is 0 Å². The van der Waals surface area contributed by atoms with Gasteiger partial charge in [-0.15, -0.1) is 0 Å². The molecule has 204 valence electrons. The minimum Gasteiger partial charge on any atom is -0.447 e. The van der Waals surface area contributed by atoms with Crippen LogP contribution in [0.15, 0.2) is 30.3 Å². The Morgan fingerprint density at radius 3 is 1.81 bits per heavy atom. The Bertz CT molecular complexity index is 979. The molecular weight excluding hydrogens is 537 g/mol. The van der Waals surface area contributed by atoms with Gasteiger partial charge in [-0.05, 0) is 18.9 Å². The second kappa shape index (κ2) is 8.97. The molecule has 2 rings (SSSR count). The average molecular weight is 551 g/mol. The molecular formula is C19H14F13NO3. The Labute approximate surface area is 193 Å². The lowest BCUT2D eigenvalue weighted by atomic mass is 9.87. The summed E-state index contributed by atoms with van der Waals surface area (Å²) in [5.74, 6) is -44.5. The highest BCUT2D eigenvalue weighted by molar-refractivity contribution is 5.95. The van der Waals surface area contributed by atoms with Gasteiger partial charge in [0.1, 0.15) is 12.5 Å². The van der Waals surface area contributed by atoms with E-state index in [0.717, 1.165) is 0 Å². The number of benzene rings is 1. The van der Waals surface area contributed by atoms with E-state index in [2.05, 4.69) is 4.74 Å². The molecule has 1 aromatic rings. The molecule has 1 saturated heterocycles. The molecule has 2 atom stereocenters. The lowest BCUT2D eigenvalue weighted by molar-refractivity contribution is -0.442. The molecule has 1 heterocycles. The maximum absolute atomic E-state index is 14.4. The van der Waals surface area contributed by atoms with E-state index in [9.17, 15) is 66.7 Å². The van der Waals surface area contributed by atoms with E-state index in [1.807, 2.05) is 0 Å². The smallest absolute Gasteiger partial charge is 0.447 e. The van der Waals surface area contributed by atoms with Crippen LogP contribution >= 0.6 is 0 Å². The van der Waals surface area contributed by atoms with Crippen LogP contribution in [0.5, 0.6) is 0 Å². The molecule has 0 bridgehead atoms. The summed E-state index contributed by atoms with van der Waals surface area (Å²) in [5.41, 5.74) is 0.351. The number of hydrogen-bond acceptors (Lipinski definition) is 3. The fraction of sp³-hybridized carbons (Fsp3) is 0.579. The number of imide groups is 1. The summed E-state index contributed by atoms with van der Waals surface area (Å²) in [4.78, 5) is 24.1. The third-order valence-corrected chi connectivity index (χ3v) is 5.38. The Kier molecular flexibility index (Phi) is 7.35. The van der Waals surface area contributed by atoms with Crippen LogP contribution in [0.1, 0.15) is 12.5 Å². The number of nitrogens with zero attached hydrogens (tertiary/aromatic N) is 1. The number of carbonyl (C=O) groups is 2. The van der Waals surface area contributed by atoms with E-state index in [0.29, 0.717) is 5.56 Å². The summed E-state index contributed by atoms with van der Waals surface area (Å²) in [5, 5.41) is 0.